The van der Waals surface area contributed by atoms with Crippen molar-refractivity contribution in [1.82, 2.24) is 0 Å². The lowest BCUT2D eigenvalue weighted by molar-refractivity contribution is 0.515. The van der Waals surface area contributed by atoms with Gasteiger partial charge in [-0.25, -0.2) is 9.18 Å². The van der Waals surface area contributed by atoms with Crippen LogP contribution in [0, 0.1) is 5.82 Å². The maximum Gasteiger partial charge on any atom is 0.235 e. The van der Waals surface area contributed by atoms with E-state index in [2.05, 4.69) is 20.9 Å². The molecular weight excluding hydrogens is 249 g/mol. The molecular formula is C10H9BrFNO. The third-order valence-electron chi connectivity index (χ3n) is 1.94. The third kappa shape index (κ3) is 2.08. The zero-order valence-electron chi connectivity index (χ0n) is 7.84. The van der Waals surface area contributed by atoms with Crippen molar-refractivity contribution in [2.75, 3.05) is 0 Å². The van der Waals surface area contributed by atoms with Gasteiger partial charge in [-0.15, -0.1) is 0 Å². The molecule has 0 amide bonds. The zero-order valence-corrected chi connectivity index (χ0v) is 9.43. The summed E-state index contributed by atoms with van der Waals surface area (Å²) in [6.45, 7) is 3.44. The Labute approximate surface area is 90.0 Å². The van der Waals surface area contributed by atoms with Crippen LogP contribution in [-0.2, 0) is 10.3 Å². The first-order valence-corrected chi connectivity index (χ1v) is 4.82. The van der Waals surface area contributed by atoms with Crippen molar-refractivity contribution >= 4 is 22.0 Å². The highest BCUT2D eigenvalue weighted by atomic mass is 79.9. The Balaban J connectivity index is 3.32. The molecule has 0 N–H and O–H groups in total. The van der Waals surface area contributed by atoms with E-state index < -0.39 is 5.54 Å². The second kappa shape index (κ2) is 4.03. The second-order valence-corrected chi connectivity index (χ2v) is 4.16. The number of isocyanates is 1. The van der Waals surface area contributed by atoms with Crippen LogP contribution >= 0.6 is 15.9 Å². The molecule has 1 aromatic carbocycles. The van der Waals surface area contributed by atoms with Crippen LogP contribution in [0.5, 0.6) is 0 Å². The van der Waals surface area contributed by atoms with E-state index in [0.717, 1.165) is 0 Å². The summed E-state index contributed by atoms with van der Waals surface area (Å²) in [7, 11) is 0. The lowest BCUT2D eigenvalue weighted by atomic mass is 9.95. The normalized spacial score (nSPS) is 10.9. The van der Waals surface area contributed by atoms with E-state index >= 15 is 0 Å². The van der Waals surface area contributed by atoms with Crippen LogP contribution in [0.4, 0.5) is 4.39 Å². The fraction of sp³-hybridized carbons (Fsp3) is 0.300. The highest BCUT2D eigenvalue weighted by Crippen LogP contribution is 2.32. The van der Waals surface area contributed by atoms with Crippen molar-refractivity contribution < 1.29 is 9.18 Å². The monoisotopic (exact) mass is 257 g/mol. The summed E-state index contributed by atoms with van der Waals surface area (Å²) >= 11 is 3.12. The Kier molecular flexibility index (Phi) is 3.19. The molecule has 0 bridgehead atoms. The highest BCUT2D eigenvalue weighted by Gasteiger charge is 2.23. The minimum absolute atomic E-state index is 0.337. The van der Waals surface area contributed by atoms with Gasteiger partial charge in [-0.05, 0) is 41.4 Å². The summed E-state index contributed by atoms with van der Waals surface area (Å²) in [4.78, 5) is 13.8. The van der Waals surface area contributed by atoms with E-state index in [0.29, 0.717) is 10.0 Å². The molecule has 1 aromatic rings. The van der Waals surface area contributed by atoms with Gasteiger partial charge >= 0.3 is 0 Å². The average molecular weight is 258 g/mol. The van der Waals surface area contributed by atoms with Gasteiger partial charge in [0.05, 0.1) is 10.0 Å². The van der Waals surface area contributed by atoms with E-state index in [1.54, 1.807) is 26.0 Å². The van der Waals surface area contributed by atoms with Crippen molar-refractivity contribution in [2.24, 2.45) is 4.99 Å². The molecule has 0 heterocycles. The maximum atomic E-state index is 13.2. The summed E-state index contributed by atoms with van der Waals surface area (Å²) in [5, 5.41) is 0. The molecule has 0 aliphatic carbocycles. The van der Waals surface area contributed by atoms with Gasteiger partial charge in [0.1, 0.15) is 5.82 Å². The van der Waals surface area contributed by atoms with E-state index in [1.165, 1.54) is 12.1 Å². The number of hydrogen-bond acceptors (Lipinski definition) is 2. The SMILES string of the molecule is CC(C)(N=C=O)c1cccc(F)c1Br. The standard InChI is InChI=1S/C10H9BrFNO/c1-10(2,13-6-14)7-4-3-5-8(12)9(7)11/h3-5H,1-2H3. The van der Waals surface area contributed by atoms with Gasteiger partial charge in [-0.3, -0.25) is 0 Å². The van der Waals surface area contributed by atoms with Gasteiger partial charge in [0.2, 0.25) is 6.08 Å². The fourth-order valence-corrected chi connectivity index (χ4v) is 1.90. The largest absolute Gasteiger partial charge is 0.235 e. The molecule has 0 fully saturated rings. The van der Waals surface area contributed by atoms with Crippen molar-refractivity contribution in [3.63, 3.8) is 0 Å². The van der Waals surface area contributed by atoms with E-state index in [4.69, 9.17) is 0 Å². The molecule has 4 heteroatoms. The number of nitrogens with zero attached hydrogens (tertiary/aromatic N) is 1. The minimum atomic E-state index is -0.761. The van der Waals surface area contributed by atoms with Crippen LogP contribution in [0.2, 0.25) is 0 Å². The molecule has 0 unspecified atom stereocenters. The Morgan fingerprint density at radius 1 is 1.50 bits per heavy atom. The van der Waals surface area contributed by atoms with Crippen molar-refractivity contribution in [1.29, 1.82) is 0 Å². The number of benzene rings is 1. The summed E-state index contributed by atoms with van der Waals surface area (Å²) in [5.74, 6) is -0.364. The smallest absolute Gasteiger partial charge is 0.211 e. The molecule has 0 aliphatic heterocycles. The highest BCUT2D eigenvalue weighted by molar-refractivity contribution is 9.10. The van der Waals surface area contributed by atoms with Crippen LogP contribution < -0.4 is 0 Å². The molecule has 2 nitrogen and oxygen atoms in total. The van der Waals surface area contributed by atoms with Crippen LogP contribution in [0.15, 0.2) is 27.7 Å². The zero-order chi connectivity index (χ0) is 10.8. The van der Waals surface area contributed by atoms with E-state index in [1.807, 2.05) is 0 Å². The van der Waals surface area contributed by atoms with Gasteiger partial charge in [0.15, 0.2) is 0 Å². The van der Waals surface area contributed by atoms with Crippen molar-refractivity contribution in [3.8, 4) is 0 Å². The summed E-state index contributed by atoms with van der Waals surface area (Å²) < 4.78 is 13.5. The lowest BCUT2D eigenvalue weighted by Crippen LogP contribution is -2.14. The molecule has 0 atom stereocenters. The Bertz CT molecular complexity index is 397. The lowest BCUT2D eigenvalue weighted by Gasteiger charge is -2.19. The third-order valence-corrected chi connectivity index (χ3v) is 2.74. The first-order valence-electron chi connectivity index (χ1n) is 4.02. The van der Waals surface area contributed by atoms with Gasteiger partial charge in [0.25, 0.3) is 0 Å². The Morgan fingerprint density at radius 2 is 2.14 bits per heavy atom. The molecule has 0 saturated heterocycles. The fourth-order valence-electron chi connectivity index (χ4n) is 1.15. The van der Waals surface area contributed by atoms with Crippen molar-refractivity contribution in [3.05, 3.63) is 34.1 Å². The molecule has 0 saturated carbocycles. The predicted molar refractivity (Wildman–Crippen MR) is 55.2 cm³/mol. The van der Waals surface area contributed by atoms with Crippen LogP contribution in [-0.4, -0.2) is 6.08 Å². The predicted octanol–water partition coefficient (Wildman–Crippen LogP) is 3.16. The van der Waals surface area contributed by atoms with Gasteiger partial charge in [0, 0.05) is 0 Å². The topological polar surface area (TPSA) is 29.4 Å². The van der Waals surface area contributed by atoms with E-state index in [-0.39, 0.29) is 5.82 Å². The molecule has 74 valence electrons. The number of carbonyl (C=O) groups excluding carboxylic acids is 1. The first kappa shape index (κ1) is 11.1. The molecule has 1 rings (SSSR count). The Hall–Kier alpha value is -0.990. The molecule has 0 radical (unpaired) electrons. The summed E-state index contributed by atoms with van der Waals surface area (Å²) in [6, 6.07) is 4.64. The molecule has 14 heavy (non-hydrogen) atoms. The van der Waals surface area contributed by atoms with Crippen LogP contribution in [0.25, 0.3) is 0 Å². The number of rotatable bonds is 2. The Morgan fingerprint density at radius 3 is 2.71 bits per heavy atom. The van der Waals surface area contributed by atoms with E-state index in [9.17, 15) is 9.18 Å². The summed E-state index contributed by atoms with van der Waals surface area (Å²) in [5.41, 5.74) is -0.135. The molecule has 0 spiro atoms. The number of hydrogen-bond donors (Lipinski definition) is 0. The van der Waals surface area contributed by atoms with Crippen molar-refractivity contribution in [2.45, 2.75) is 19.4 Å². The molecule has 0 aromatic heterocycles. The van der Waals surface area contributed by atoms with Gasteiger partial charge < -0.3 is 0 Å². The quantitative estimate of drug-likeness (QED) is 0.591. The minimum Gasteiger partial charge on any atom is -0.211 e. The summed E-state index contributed by atoms with van der Waals surface area (Å²) in [6.07, 6.45) is 1.48. The van der Waals surface area contributed by atoms with Gasteiger partial charge in [-0.1, -0.05) is 12.1 Å². The maximum absolute atomic E-state index is 13.2. The average Bonchev–Trinajstić information content (AvgIpc) is 2.09. The van der Waals surface area contributed by atoms with Crippen LogP contribution in [0.1, 0.15) is 19.4 Å². The second-order valence-electron chi connectivity index (χ2n) is 3.36. The first-order chi connectivity index (χ1) is 6.49. The number of halogens is 2. The van der Waals surface area contributed by atoms with Crippen LogP contribution in [0.3, 0.4) is 0 Å². The number of aliphatic imine (C=N–C) groups is 1. The molecule has 0 aliphatic rings. The van der Waals surface area contributed by atoms with Gasteiger partial charge in [-0.2, -0.15) is 4.99 Å².